The Bertz CT molecular complexity index is 2040. The Morgan fingerprint density at radius 1 is 0.512 bits per heavy atom. The Morgan fingerprint density at radius 2 is 1.12 bits per heavy atom. The number of rotatable bonds is 6. The minimum Gasteiger partial charge on any atom is -0.135 e. The average molecular weight is 549 g/mol. The molecule has 0 nitrogen and oxygen atoms in total. The second kappa shape index (κ2) is 10.5. The molecule has 1 heterocycles. The van der Waals surface area contributed by atoms with E-state index in [2.05, 4.69) is 137 Å². The van der Waals surface area contributed by atoms with Gasteiger partial charge in [-0.2, -0.15) is 0 Å². The predicted molar refractivity (Wildman–Crippen MR) is 183 cm³/mol. The van der Waals surface area contributed by atoms with Crippen molar-refractivity contribution in [1.29, 1.82) is 0 Å². The molecular weight excluding hydrogens is 513 g/mol. The van der Waals surface area contributed by atoms with Crippen molar-refractivity contribution in [1.82, 2.24) is 0 Å². The third-order valence-electron chi connectivity index (χ3n) is 9.25. The van der Waals surface area contributed by atoms with E-state index in [0.717, 1.165) is 12.8 Å². The standard InChI is InChI=1S/C40H36S/c1-5-25(3)29-19-20-39-37(21-29)38-24-31(26(4)6-2)23-36(40(38)41-39)28-17-15-27(16-18-28)35-22-30-11-7-8-12-32(30)33-13-9-10-14-34(33)35/h7-26H,5-6H2,1-4H3. The van der Waals surface area contributed by atoms with Crippen LogP contribution in [0.25, 0.3) is 64.0 Å². The molecule has 0 N–H and O–H groups in total. The van der Waals surface area contributed by atoms with Crippen LogP contribution in [0.1, 0.15) is 63.5 Å². The van der Waals surface area contributed by atoms with Crippen molar-refractivity contribution in [3.63, 3.8) is 0 Å². The summed E-state index contributed by atoms with van der Waals surface area (Å²) in [5, 5.41) is 8.04. The van der Waals surface area contributed by atoms with Crippen molar-refractivity contribution >= 4 is 53.1 Å². The SMILES string of the molecule is CCC(C)c1ccc2sc3c(-c4ccc(-c5cc6ccccc6c6ccccc56)cc4)cc(C(C)CC)cc3c2c1. The van der Waals surface area contributed by atoms with Crippen LogP contribution >= 0.6 is 11.3 Å². The van der Waals surface area contributed by atoms with Gasteiger partial charge in [-0.3, -0.25) is 0 Å². The van der Waals surface area contributed by atoms with Gasteiger partial charge in [0.2, 0.25) is 0 Å². The molecule has 0 spiro atoms. The largest absolute Gasteiger partial charge is 0.135 e. The molecule has 7 aromatic rings. The lowest BCUT2D eigenvalue weighted by atomic mass is 9.90. The summed E-state index contributed by atoms with van der Waals surface area (Å²) in [4.78, 5) is 0. The molecule has 0 aliphatic carbocycles. The van der Waals surface area contributed by atoms with E-state index in [1.54, 1.807) is 0 Å². The van der Waals surface area contributed by atoms with Crippen LogP contribution in [-0.4, -0.2) is 0 Å². The van der Waals surface area contributed by atoms with Gasteiger partial charge in [-0.25, -0.2) is 0 Å². The van der Waals surface area contributed by atoms with Crippen molar-refractivity contribution in [3.8, 4) is 22.3 Å². The fraction of sp³-hybridized carbons (Fsp3) is 0.200. The average Bonchev–Trinajstić information content (AvgIpc) is 3.41. The zero-order chi connectivity index (χ0) is 28.1. The maximum Gasteiger partial charge on any atom is 0.0434 e. The molecule has 41 heavy (non-hydrogen) atoms. The van der Waals surface area contributed by atoms with Gasteiger partial charge < -0.3 is 0 Å². The minimum atomic E-state index is 0.522. The van der Waals surface area contributed by atoms with Crippen molar-refractivity contribution in [2.75, 3.05) is 0 Å². The van der Waals surface area contributed by atoms with E-state index < -0.39 is 0 Å². The molecule has 1 heteroatoms. The molecular formula is C40H36S. The van der Waals surface area contributed by atoms with E-state index >= 15 is 0 Å². The number of fused-ring (bicyclic) bond motifs is 6. The fourth-order valence-corrected chi connectivity index (χ4v) is 7.52. The summed E-state index contributed by atoms with van der Waals surface area (Å²) in [6.45, 7) is 9.28. The van der Waals surface area contributed by atoms with Gasteiger partial charge in [0, 0.05) is 20.2 Å². The Labute approximate surface area is 247 Å². The van der Waals surface area contributed by atoms with Gasteiger partial charge in [-0.15, -0.1) is 11.3 Å². The van der Waals surface area contributed by atoms with Gasteiger partial charge in [0.25, 0.3) is 0 Å². The number of thiophene rings is 1. The van der Waals surface area contributed by atoms with E-state index in [9.17, 15) is 0 Å². The molecule has 2 unspecified atom stereocenters. The summed E-state index contributed by atoms with van der Waals surface area (Å²) in [5.74, 6) is 1.10. The van der Waals surface area contributed by atoms with Crippen molar-refractivity contribution in [2.45, 2.75) is 52.4 Å². The van der Waals surface area contributed by atoms with Gasteiger partial charge in [0.05, 0.1) is 0 Å². The monoisotopic (exact) mass is 548 g/mol. The van der Waals surface area contributed by atoms with Crippen LogP contribution in [0.3, 0.4) is 0 Å². The summed E-state index contributed by atoms with van der Waals surface area (Å²) in [6, 6.07) is 41.3. The summed E-state index contributed by atoms with van der Waals surface area (Å²) in [7, 11) is 0. The summed E-state index contributed by atoms with van der Waals surface area (Å²) < 4.78 is 2.78. The smallest absolute Gasteiger partial charge is 0.0434 e. The first-order valence-electron chi connectivity index (χ1n) is 15.1. The molecule has 6 aromatic carbocycles. The lowest BCUT2D eigenvalue weighted by molar-refractivity contribution is 0.734. The second-order valence-electron chi connectivity index (χ2n) is 11.7. The Morgan fingerprint density at radius 3 is 1.85 bits per heavy atom. The third kappa shape index (κ3) is 4.44. The highest BCUT2D eigenvalue weighted by Crippen LogP contribution is 2.44. The summed E-state index contributed by atoms with van der Waals surface area (Å²) >= 11 is 1.94. The van der Waals surface area contributed by atoms with E-state index in [0.29, 0.717) is 11.8 Å². The van der Waals surface area contributed by atoms with Crippen LogP contribution in [-0.2, 0) is 0 Å². The molecule has 0 bridgehead atoms. The van der Waals surface area contributed by atoms with Crippen molar-refractivity contribution in [3.05, 3.63) is 120 Å². The number of hydrogen-bond donors (Lipinski definition) is 0. The molecule has 7 rings (SSSR count). The van der Waals surface area contributed by atoms with E-state index in [1.807, 2.05) is 11.3 Å². The van der Waals surface area contributed by atoms with Crippen LogP contribution < -0.4 is 0 Å². The van der Waals surface area contributed by atoms with Gasteiger partial charge in [-0.1, -0.05) is 107 Å². The quantitative estimate of drug-likeness (QED) is 0.181. The first-order valence-corrected chi connectivity index (χ1v) is 15.9. The highest BCUT2D eigenvalue weighted by atomic mass is 32.1. The van der Waals surface area contributed by atoms with Crippen LogP contribution in [0.15, 0.2) is 109 Å². The molecule has 1 aromatic heterocycles. The first-order chi connectivity index (χ1) is 20.1. The first kappa shape index (κ1) is 26.0. The van der Waals surface area contributed by atoms with Gasteiger partial charge in [-0.05, 0) is 110 Å². The Balaban J connectivity index is 1.40. The highest BCUT2D eigenvalue weighted by Gasteiger charge is 2.17. The molecule has 202 valence electrons. The molecule has 0 fully saturated rings. The van der Waals surface area contributed by atoms with Crippen molar-refractivity contribution < 1.29 is 0 Å². The van der Waals surface area contributed by atoms with E-state index in [4.69, 9.17) is 0 Å². The van der Waals surface area contributed by atoms with E-state index in [-0.39, 0.29) is 0 Å². The molecule has 0 amide bonds. The highest BCUT2D eigenvalue weighted by molar-refractivity contribution is 7.26. The van der Waals surface area contributed by atoms with Gasteiger partial charge >= 0.3 is 0 Å². The van der Waals surface area contributed by atoms with Crippen LogP contribution in [0.4, 0.5) is 0 Å². The maximum atomic E-state index is 2.47. The van der Waals surface area contributed by atoms with Gasteiger partial charge in [0.1, 0.15) is 0 Å². The summed E-state index contributed by atoms with van der Waals surface area (Å²) in [5.41, 5.74) is 8.10. The van der Waals surface area contributed by atoms with Gasteiger partial charge in [0.15, 0.2) is 0 Å². The molecule has 0 saturated heterocycles. The Kier molecular flexibility index (Phi) is 6.64. The second-order valence-corrected chi connectivity index (χ2v) is 12.7. The number of benzene rings is 6. The van der Waals surface area contributed by atoms with Crippen molar-refractivity contribution in [2.24, 2.45) is 0 Å². The normalized spacial score (nSPS) is 13.4. The molecule has 0 aliphatic heterocycles. The zero-order valence-corrected chi connectivity index (χ0v) is 25.2. The van der Waals surface area contributed by atoms with Crippen LogP contribution in [0.2, 0.25) is 0 Å². The van der Waals surface area contributed by atoms with E-state index in [1.165, 1.54) is 75.1 Å². The lowest BCUT2D eigenvalue weighted by Gasteiger charge is -2.14. The number of hydrogen-bond acceptors (Lipinski definition) is 1. The molecule has 0 aliphatic rings. The maximum absolute atomic E-state index is 2.47. The molecule has 0 radical (unpaired) electrons. The third-order valence-corrected chi connectivity index (χ3v) is 10.5. The van der Waals surface area contributed by atoms with Crippen LogP contribution in [0.5, 0.6) is 0 Å². The molecule has 0 saturated carbocycles. The fourth-order valence-electron chi connectivity index (χ4n) is 6.32. The summed E-state index contributed by atoms with van der Waals surface area (Å²) in [6.07, 6.45) is 2.30. The molecule has 2 atom stereocenters. The zero-order valence-electron chi connectivity index (χ0n) is 24.4. The topological polar surface area (TPSA) is 0 Å². The predicted octanol–water partition coefficient (Wildman–Crippen LogP) is 12.7. The van der Waals surface area contributed by atoms with Crippen LogP contribution in [0, 0.1) is 0 Å². The minimum absolute atomic E-state index is 0.522. The lowest BCUT2D eigenvalue weighted by Crippen LogP contribution is -1.93. The Hall–Kier alpha value is -3.94.